The van der Waals surface area contributed by atoms with Gasteiger partial charge in [-0.2, -0.15) is 0 Å². The number of likely N-dealkylation sites (tertiary alicyclic amines) is 1. The number of piperazine rings is 1. The van der Waals surface area contributed by atoms with E-state index < -0.39 is 0 Å². The number of aromatic nitrogens is 3. The predicted octanol–water partition coefficient (Wildman–Crippen LogP) is 4.24. The van der Waals surface area contributed by atoms with Gasteiger partial charge in [0.05, 0.1) is 11.4 Å². The molecule has 35 heavy (non-hydrogen) atoms. The van der Waals surface area contributed by atoms with Crippen LogP contribution in [0.5, 0.6) is 0 Å². The molecule has 0 amide bonds. The summed E-state index contributed by atoms with van der Waals surface area (Å²) in [5.74, 6) is 0.357. The van der Waals surface area contributed by atoms with E-state index in [1.54, 1.807) is 0 Å². The molecule has 0 aliphatic carbocycles. The first-order valence-corrected chi connectivity index (χ1v) is 12.9. The highest BCUT2D eigenvalue weighted by Crippen LogP contribution is 2.29. The summed E-state index contributed by atoms with van der Waals surface area (Å²) in [5.41, 5.74) is 9.71. The number of nitrogens with zero attached hydrogens (tertiary/aromatic N) is 6. The summed E-state index contributed by atoms with van der Waals surface area (Å²) in [5, 5.41) is 8.49. The van der Waals surface area contributed by atoms with Gasteiger partial charge in [-0.15, -0.1) is 5.10 Å². The van der Waals surface area contributed by atoms with Crippen molar-refractivity contribution in [3.05, 3.63) is 52.7 Å². The molecule has 0 spiro atoms. The standard InChI is InChI=1S/C26H34ClN7O/c1-3-21-17-33(24-9-8-23(29-18(24)2)25-30-31-26(28)35-25)14-15-34(21)22-10-12-32(13-11-22)16-19-4-6-20(27)7-5-19/h4-9,21-22H,3,10-17H2,1-2H3,(H2,28,31)/t21-/m0/s1. The van der Waals surface area contributed by atoms with E-state index in [-0.39, 0.29) is 6.01 Å². The molecule has 0 radical (unpaired) electrons. The molecule has 0 bridgehead atoms. The Morgan fingerprint density at radius 3 is 2.46 bits per heavy atom. The van der Waals surface area contributed by atoms with Crippen LogP contribution in [-0.4, -0.2) is 69.8 Å². The number of aryl methyl sites for hydroxylation is 1. The van der Waals surface area contributed by atoms with Gasteiger partial charge in [0.15, 0.2) is 0 Å². The summed E-state index contributed by atoms with van der Waals surface area (Å²) in [6, 6.07) is 13.6. The fourth-order valence-corrected chi connectivity index (χ4v) is 5.66. The van der Waals surface area contributed by atoms with Crippen LogP contribution in [0.3, 0.4) is 0 Å². The van der Waals surface area contributed by atoms with E-state index in [4.69, 9.17) is 26.7 Å². The molecule has 0 unspecified atom stereocenters. The fraction of sp³-hybridized carbons (Fsp3) is 0.500. The third-order valence-corrected chi connectivity index (χ3v) is 7.66. The van der Waals surface area contributed by atoms with Crippen LogP contribution in [-0.2, 0) is 6.54 Å². The number of rotatable bonds is 6. The Labute approximate surface area is 212 Å². The average Bonchev–Trinajstić information content (AvgIpc) is 3.32. The van der Waals surface area contributed by atoms with Crippen molar-refractivity contribution in [2.45, 2.75) is 51.7 Å². The number of nitrogen functional groups attached to an aromatic ring is 1. The molecule has 2 fully saturated rings. The summed E-state index contributed by atoms with van der Waals surface area (Å²) in [6.45, 7) is 10.8. The van der Waals surface area contributed by atoms with Gasteiger partial charge in [0, 0.05) is 43.3 Å². The summed E-state index contributed by atoms with van der Waals surface area (Å²) < 4.78 is 5.34. The van der Waals surface area contributed by atoms with E-state index in [0.29, 0.717) is 23.7 Å². The third-order valence-electron chi connectivity index (χ3n) is 7.40. The van der Waals surface area contributed by atoms with Gasteiger partial charge in [0.2, 0.25) is 0 Å². The minimum absolute atomic E-state index is 0.0567. The Morgan fingerprint density at radius 1 is 1.03 bits per heavy atom. The molecule has 2 aliphatic rings. The molecule has 2 N–H and O–H groups in total. The zero-order chi connectivity index (χ0) is 24.4. The van der Waals surface area contributed by atoms with Gasteiger partial charge in [0.1, 0.15) is 5.69 Å². The predicted molar refractivity (Wildman–Crippen MR) is 139 cm³/mol. The van der Waals surface area contributed by atoms with Crippen molar-refractivity contribution in [1.29, 1.82) is 0 Å². The van der Waals surface area contributed by atoms with E-state index in [1.165, 1.54) is 24.1 Å². The molecule has 5 rings (SSSR count). The van der Waals surface area contributed by atoms with Crippen molar-refractivity contribution in [2.24, 2.45) is 0 Å². The van der Waals surface area contributed by atoms with Crippen LogP contribution in [0.1, 0.15) is 37.4 Å². The number of pyridine rings is 1. The van der Waals surface area contributed by atoms with Gasteiger partial charge in [0.25, 0.3) is 5.89 Å². The van der Waals surface area contributed by atoms with E-state index in [9.17, 15) is 0 Å². The first-order valence-electron chi connectivity index (χ1n) is 12.5. The van der Waals surface area contributed by atoms with Gasteiger partial charge in [-0.05, 0) is 69.1 Å². The highest BCUT2D eigenvalue weighted by atomic mass is 35.5. The maximum atomic E-state index is 6.04. The summed E-state index contributed by atoms with van der Waals surface area (Å²) in [4.78, 5) is 12.5. The van der Waals surface area contributed by atoms with Crippen LogP contribution in [0.4, 0.5) is 11.7 Å². The smallest absolute Gasteiger partial charge is 0.313 e. The first-order chi connectivity index (χ1) is 17.0. The second kappa shape index (κ2) is 10.5. The lowest BCUT2D eigenvalue weighted by molar-refractivity contribution is 0.0612. The largest absolute Gasteiger partial charge is 0.402 e. The van der Waals surface area contributed by atoms with Crippen molar-refractivity contribution in [3.8, 4) is 11.6 Å². The minimum Gasteiger partial charge on any atom is -0.402 e. The number of nitrogens with two attached hydrogens (primary N) is 1. The third kappa shape index (κ3) is 5.44. The van der Waals surface area contributed by atoms with Crippen molar-refractivity contribution < 1.29 is 4.42 Å². The maximum Gasteiger partial charge on any atom is 0.313 e. The quantitative estimate of drug-likeness (QED) is 0.543. The van der Waals surface area contributed by atoms with E-state index in [0.717, 1.165) is 56.4 Å². The lowest BCUT2D eigenvalue weighted by Crippen LogP contribution is -2.58. The van der Waals surface area contributed by atoms with E-state index in [2.05, 4.69) is 50.0 Å². The van der Waals surface area contributed by atoms with Crippen LogP contribution in [0, 0.1) is 6.92 Å². The summed E-state index contributed by atoms with van der Waals surface area (Å²) >= 11 is 6.04. The highest BCUT2D eigenvalue weighted by molar-refractivity contribution is 6.30. The molecule has 0 saturated carbocycles. The zero-order valence-electron chi connectivity index (χ0n) is 20.5. The van der Waals surface area contributed by atoms with Crippen LogP contribution >= 0.6 is 11.6 Å². The monoisotopic (exact) mass is 495 g/mol. The molecule has 1 aromatic carbocycles. The number of piperidine rings is 1. The lowest BCUT2D eigenvalue weighted by atomic mass is 9.97. The van der Waals surface area contributed by atoms with Gasteiger partial charge >= 0.3 is 6.01 Å². The maximum absolute atomic E-state index is 6.04. The zero-order valence-corrected chi connectivity index (χ0v) is 21.3. The van der Waals surface area contributed by atoms with Crippen molar-refractivity contribution >= 4 is 23.3 Å². The fourth-order valence-electron chi connectivity index (χ4n) is 5.53. The SMILES string of the molecule is CC[C@H]1CN(c2ccc(-c3nnc(N)o3)nc2C)CCN1C1CCN(Cc2ccc(Cl)cc2)CC1. The molecule has 9 heteroatoms. The topological polar surface area (TPSA) is 87.5 Å². The highest BCUT2D eigenvalue weighted by Gasteiger charge is 2.33. The molecule has 2 aliphatic heterocycles. The van der Waals surface area contributed by atoms with Crippen LogP contribution in [0.2, 0.25) is 5.02 Å². The molecule has 8 nitrogen and oxygen atoms in total. The number of hydrogen-bond acceptors (Lipinski definition) is 8. The molecule has 2 saturated heterocycles. The lowest BCUT2D eigenvalue weighted by Gasteiger charge is -2.48. The minimum atomic E-state index is 0.0567. The van der Waals surface area contributed by atoms with Crippen molar-refractivity contribution in [3.63, 3.8) is 0 Å². The summed E-state index contributed by atoms with van der Waals surface area (Å²) in [6.07, 6.45) is 3.60. The second-order valence-electron chi connectivity index (χ2n) is 9.63. The molecular weight excluding hydrogens is 462 g/mol. The van der Waals surface area contributed by atoms with Crippen molar-refractivity contribution in [2.75, 3.05) is 43.4 Å². The number of hydrogen-bond donors (Lipinski definition) is 1. The Hall–Kier alpha value is -2.68. The Bertz CT molecular complexity index is 1130. The van der Waals surface area contributed by atoms with E-state index in [1.807, 2.05) is 25.1 Å². The Morgan fingerprint density at radius 2 is 1.80 bits per heavy atom. The molecule has 1 atom stereocenters. The second-order valence-corrected chi connectivity index (χ2v) is 10.1. The number of anilines is 2. The first kappa shape index (κ1) is 24.0. The number of benzene rings is 1. The Balaban J connectivity index is 1.18. The van der Waals surface area contributed by atoms with Crippen molar-refractivity contribution in [1.82, 2.24) is 25.0 Å². The molecular formula is C26H34ClN7O. The van der Waals surface area contributed by atoms with Crippen LogP contribution in [0.25, 0.3) is 11.6 Å². The van der Waals surface area contributed by atoms with Gasteiger partial charge in [-0.1, -0.05) is 35.8 Å². The van der Waals surface area contributed by atoms with Gasteiger partial charge in [-0.25, -0.2) is 4.98 Å². The normalized spacial score (nSPS) is 20.4. The number of halogens is 1. The van der Waals surface area contributed by atoms with E-state index >= 15 is 0 Å². The molecule has 3 aromatic rings. The Kier molecular flexibility index (Phi) is 7.22. The molecule has 4 heterocycles. The van der Waals surface area contributed by atoms with Crippen LogP contribution in [0.15, 0.2) is 40.8 Å². The molecule has 186 valence electrons. The molecule has 2 aromatic heterocycles. The van der Waals surface area contributed by atoms with Gasteiger partial charge < -0.3 is 15.1 Å². The van der Waals surface area contributed by atoms with Gasteiger partial charge in [-0.3, -0.25) is 9.80 Å². The average molecular weight is 496 g/mol. The summed E-state index contributed by atoms with van der Waals surface area (Å²) in [7, 11) is 0. The van der Waals surface area contributed by atoms with Crippen LogP contribution < -0.4 is 10.6 Å².